The molecule has 0 fully saturated rings. The molecule has 0 saturated heterocycles. The number of rotatable bonds is 10. The van der Waals surface area contributed by atoms with Crippen molar-refractivity contribution in [3.8, 4) is 17.2 Å². The molecule has 0 aromatic heterocycles. The molecule has 0 atom stereocenters. The summed E-state index contributed by atoms with van der Waals surface area (Å²) in [5.74, 6) is 1.83. The summed E-state index contributed by atoms with van der Waals surface area (Å²) in [5.41, 5.74) is 3.85. The molecule has 0 heterocycles. The predicted molar refractivity (Wildman–Crippen MR) is 119 cm³/mol. The van der Waals surface area contributed by atoms with Crippen LogP contribution in [0.5, 0.6) is 17.2 Å². The van der Waals surface area contributed by atoms with Gasteiger partial charge in [0.2, 0.25) is 0 Å². The van der Waals surface area contributed by atoms with Gasteiger partial charge in [0.25, 0.3) is 5.91 Å². The van der Waals surface area contributed by atoms with Gasteiger partial charge in [0.05, 0.1) is 29.6 Å². The van der Waals surface area contributed by atoms with Gasteiger partial charge in [-0.1, -0.05) is 6.92 Å². The summed E-state index contributed by atoms with van der Waals surface area (Å²) in [6, 6.07) is 10.7. The number of carbonyl (C=O) groups excluding carboxylic acids is 1. The monoisotopic (exact) mass is 496 g/mol. The van der Waals surface area contributed by atoms with Crippen molar-refractivity contribution < 1.29 is 19.0 Å². The lowest BCUT2D eigenvalue weighted by Gasteiger charge is -2.13. The Morgan fingerprint density at radius 3 is 2.43 bits per heavy atom. The van der Waals surface area contributed by atoms with Crippen molar-refractivity contribution in [1.82, 2.24) is 5.43 Å². The Morgan fingerprint density at radius 1 is 1.07 bits per heavy atom. The number of ether oxygens (including phenoxy) is 3. The fourth-order valence-corrected chi connectivity index (χ4v) is 3.14. The molecule has 28 heavy (non-hydrogen) atoms. The van der Waals surface area contributed by atoms with Crippen molar-refractivity contribution in [3.05, 3.63) is 51.1 Å². The normalized spacial score (nSPS) is 10.7. The van der Waals surface area contributed by atoms with Crippen LogP contribution in [0.3, 0.4) is 0 Å². The van der Waals surface area contributed by atoms with Gasteiger partial charge in [-0.25, -0.2) is 5.43 Å². The van der Waals surface area contributed by atoms with Gasteiger partial charge in [-0.15, -0.1) is 0 Å². The van der Waals surface area contributed by atoms with Gasteiger partial charge in [0.15, 0.2) is 11.5 Å². The Morgan fingerprint density at radius 2 is 1.79 bits per heavy atom. The van der Waals surface area contributed by atoms with Gasteiger partial charge in [-0.05, 0) is 84.8 Å². The number of hydrogen-bond donors (Lipinski definition) is 1. The van der Waals surface area contributed by atoms with E-state index < -0.39 is 0 Å². The molecule has 0 aliphatic heterocycles. The third kappa shape index (κ3) is 6.40. The molecule has 0 unspecified atom stereocenters. The summed E-state index contributed by atoms with van der Waals surface area (Å²) < 4.78 is 17.7. The van der Waals surface area contributed by atoms with E-state index in [0.29, 0.717) is 31.1 Å². The average Bonchev–Trinajstić information content (AvgIpc) is 2.69. The van der Waals surface area contributed by atoms with Gasteiger partial charge in [0.1, 0.15) is 5.75 Å². The maximum Gasteiger partial charge on any atom is 0.271 e. The van der Waals surface area contributed by atoms with Crippen LogP contribution in [0.25, 0.3) is 0 Å². The number of nitrogens with zero attached hydrogens (tertiary/aromatic N) is 1. The first kappa shape index (κ1) is 22.0. The van der Waals surface area contributed by atoms with E-state index in [0.717, 1.165) is 27.1 Å². The van der Waals surface area contributed by atoms with Crippen molar-refractivity contribution in [1.29, 1.82) is 0 Å². The number of nitrogens with one attached hydrogen (secondary N) is 1. The van der Waals surface area contributed by atoms with Gasteiger partial charge in [-0.3, -0.25) is 4.79 Å². The van der Waals surface area contributed by atoms with E-state index in [1.807, 2.05) is 32.9 Å². The quantitative estimate of drug-likeness (QED) is 0.296. The Kier molecular flexibility index (Phi) is 9.06. The molecule has 2 rings (SSSR count). The maximum atomic E-state index is 12.2. The summed E-state index contributed by atoms with van der Waals surface area (Å²) in [6.45, 7) is 7.64. The average molecular weight is 496 g/mol. The number of amides is 1. The summed E-state index contributed by atoms with van der Waals surface area (Å²) in [5, 5.41) is 4.05. The van der Waals surface area contributed by atoms with E-state index in [4.69, 9.17) is 14.2 Å². The van der Waals surface area contributed by atoms with Crippen LogP contribution in [0.2, 0.25) is 0 Å². The third-order valence-corrected chi connectivity index (χ3v) is 4.39. The van der Waals surface area contributed by atoms with E-state index in [1.54, 1.807) is 30.5 Å². The molecule has 0 saturated carbocycles. The zero-order valence-corrected chi connectivity index (χ0v) is 18.5. The van der Waals surface area contributed by atoms with Gasteiger partial charge in [-0.2, -0.15) is 5.10 Å². The van der Waals surface area contributed by atoms with Crippen LogP contribution in [0, 0.1) is 3.57 Å². The second kappa shape index (κ2) is 11.5. The van der Waals surface area contributed by atoms with E-state index in [2.05, 4.69) is 33.1 Å². The lowest BCUT2D eigenvalue weighted by atomic mass is 10.2. The van der Waals surface area contributed by atoms with Crippen molar-refractivity contribution >= 4 is 34.7 Å². The third-order valence-electron chi connectivity index (χ3n) is 3.59. The Labute approximate surface area is 179 Å². The van der Waals surface area contributed by atoms with Gasteiger partial charge >= 0.3 is 0 Å². The molecule has 0 radical (unpaired) electrons. The minimum atomic E-state index is -0.288. The minimum Gasteiger partial charge on any atom is -0.494 e. The first-order valence-electron chi connectivity index (χ1n) is 9.24. The largest absolute Gasteiger partial charge is 0.494 e. The van der Waals surface area contributed by atoms with Crippen LogP contribution in [0.1, 0.15) is 43.1 Å². The van der Waals surface area contributed by atoms with Crippen LogP contribution in [0.15, 0.2) is 41.5 Å². The Hall–Kier alpha value is -2.29. The molecule has 0 spiro atoms. The second-order valence-electron chi connectivity index (χ2n) is 5.77. The molecule has 7 heteroatoms. The number of benzene rings is 2. The highest BCUT2D eigenvalue weighted by Crippen LogP contribution is 2.33. The van der Waals surface area contributed by atoms with Crippen LogP contribution in [-0.2, 0) is 0 Å². The SMILES string of the molecule is CCCOc1ccc(C(=O)N/N=C/c2cc(I)c(OCC)c(OCC)c2)cc1. The van der Waals surface area contributed by atoms with Crippen LogP contribution in [-0.4, -0.2) is 31.9 Å². The van der Waals surface area contributed by atoms with Gasteiger partial charge < -0.3 is 14.2 Å². The van der Waals surface area contributed by atoms with Crippen molar-refractivity contribution in [2.45, 2.75) is 27.2 Å². The molecule has 2 aromatic rings. The molecule has 0 bridgehead atoms. The van der Waals surface area contributed by atoms with Crippen molar-refractivity contribution in [2.24, 2.45) is 5.10 Å². The molecule has 150 valence electrons. The van der Waals surface area contributed by atoms with Crippen LogP contribution >= 0.6 is 22.6 Å². The van der Waals surface area contributed by atoms with Crippen molar-refractivity contribution in [2.75, 3.05) is 19.8 Å². The Bertz CT molecular complexity index is 807. The number of hydrogen-bond acceptors (Lipinski definition) is 5. The first-order chi connectivity index (χ1) is 13.6. The van der Waals surface area contributed by atoms with Crippen molar-refractivity contribution in [3.63, 3.8) is 0 Å². The topological polar surface area (TPSA) is 69.2 Å². The van der Waals surface area contributed by atoms with E-state index >= 15 is 0 Å². The maximum absolute atomic E-state index is 12.2. The van der Waals surface area contributed by atoms with Crippen LogP contribution in [0.4, 0.5) is 0 Å². The van der Waals surface area contributed by atoms with E-state index in [9.17, 15) is 4.79 Å². The number of carbonyl (C=O) groups is 1. The fraction of sp³-hybridized carbons (Fsp3) is 0.333. The molecule has 6 nitrogen and oxygen atoms in total. The Balaban J connectivity index is 2.04. The zero-order valence-electron chi connectivity index (χ0n) is 16.3. The summed E-state index contributed by atoms with van der Waals surface area (Å²) >= 11 is 2.20. The first-order valence-corrected chi connectivity index (χ1v) is 10.3. The summed E-state index contributed by atoms with van der Waals surface area (Å²) in [4.78, 5) is 12.2. The molecule has 1 N–H and O–H groups in total. The second-order valence-corrected chi connectivity index (χ2v) is 6.93. The molecular weight excluding hydrogens is 471 g/mol. The van der Waals surface area contributed by atoms with Gasteiger partial charge in [0, 0.05) is 5.56 Å². The highest BCUT2D eigenvalue weighted by atomic mass is 127. The van der Waals surface area contributed by atoms with E-state index in [-0.39, 0.29) is 5.91 Å². The lowest BCUT2D eigenvalue weighted by Crippen LogP contribution is -2.17. The minimum absolute atomic E-state index is 0.288. The van der Waals surface area contributed by atoms with E-state index in [1.165, 1.54) is 0 Å². The molecule has 0 aliphatic carbocycles. The smallest absolute Gasteiger partial charge is 0.271 e. The highest BCUT2D eigenvalue weighted by molar-refractivity contribution is 14.1. The molecule has 2 aromatic carbocycles. The fourth-order valence-electron chi connectivity index (χ4n) is 2.36. The zero-order chi connectivity index (χ0) is 20.4. The summed E-state index contributed by atoms with van der Waals surface area (Å²) in [7, 11) is 0. The lowest BCUT2D eigenvalue weighted by molar-refractivity contribution is 0.0955. The molecule has 1 amide bonds. The standard InChI is InChI=1S/C21H25IN2O4/c1-4-11-28-17-9-7-16(8-10-17)21(25)24-23-14-15-12-18(22)20(27-6-3)19(13-15)26-5-2/h7-10,12-14H,4-6,11H2,1-3H3,(H,24,25)/b23-14+. The highest BCUT2D eigenvalue weighted by Gasteiger charge is 2.11. The number of hydrazone groups is 1. The summed E-state index contributed by atoms with van der Waals surface area (Å²) in [6.07, 6.45) is 2.52. The number of halogens is 1. The molecular formula is C21H25IN2O4. The predicted octanol–water partition coefficient (Wildman–Crippen LogP) is 4.64. The molecule has 0 aliphatic rings. The van der Waals surface area contributed by atoms with Crippen LogP contribution < -0.4 is 19.6 Å².